The normalized spacial score (nSPS) is 12.3. The molecule has 4 rings (SSSR count). The molecule has 0 aliphatic heterocycles. The predicted molar refractivity (Wildman–Crippen MR) is 144 cm³/mol. The standard InChI is InChI=1S/C16H14N4O6S2.C6H7NO3S/c17-9-4-6-13(15(8-9)28(24,25)26)20-19-12-7-5-11(18)16-10(12)2-1-3-14(16)27(21,22)23;7-5-1-3-6(4-2-5)11(8,9)10/h1-8H,17-18H2,(H,21,22,23)(H,24,25,26);1-4H,7H2,(H,8,9,10). The lowest BCUT2D eigenvalue weighted by Crippen LogP contribution is -2.01. The van der Waals surface area contributed by atoms with Crippen LogP contribution in [0.25, 0.3) is 10.8 Å². The molecule has 9 N–H and O–H groups in total. The second kappa shape index (κ2) is 10.9. The molecular formula is C22H21N5O9S3. The number of azo groups is 1. The summed E-state index contributed by atoms with van der Waals surface area (Å²) in [5, 5.41) is 8.10. The maximum atomic E-state index is 11.6. The van der Waals surface area contributed by atoms with Gasteiger partial charge in [-0.3, -0.25) is 13.7 Å². The van der Waals surface area contributed by atoms with Crippen molar-refractivity contribution < 1.29 is 38.9 Å². The van der Waals surface area contributed by atoms with Crippen molar-refractivity contribution in [2.24, 2.45) is 10.2 Å². The van der Waals surface area contributed by atoms with Crippen molar-refractivity contribution in [3.05, 3.63) is 72.8 Å². The highest BCUT2D eigenvalue weighted by molar-refractivity contribution is 7.86. The van der Waals surface area contributed by atoms with Crippen LogP contribution in [0.15, 0.2) is 97.7 Å². The van der Waals surface area contributed by atoms with E-state index in [1.54, 1.807) is 0 Å². The highest BCUT2D eigenvalue weighted by Gasteiger charge is 2.18. The van der Waals surface area contributed by atoms with Crippen LogP contribution >= 0.6 is 0 Å². The summed E-state index contributed by atoms with van der Waals surface area (Å²) in [5.41, 5.74) is 17.3. The van der Waals surface area contributed by atoms with Crippen LogP contribution in [-0.2, 0) is 30.4 Å². The summed E-state index contributed by atoms with van der Waals surface area (Å²) in [6.07, 6.45) is 0. The Hall–Kier alpha value is -4.13. The Morgan fingerprint density at radius 2 is 1.10 bits per heavy atom. The van der Waals surface area contributed by atoms with Gasteiger partial charge in [-0.1, -0.05) is 12.1 Å². The lowest BCUT2D eigenvalue weighted by molar-refractivity contribution is 0.481. The number of hydrogen-bond donors (Lipinski definition) is 6. The van der Waals surface area contributed by atoms with Crippen molar-refractivity contribution in [3.8, 4) is 0 Å². The molecule has 39 heavy (non-hydrogen) atoms. The molecule has 0 aliphatic rings. The summed E-state index contributed by atoms with van der Waals surface area (Å²) in [6.45, 7) is 0. The van der Waals surface area contributed by atoms with E-state index in [0.29, 0.717) is 5.69 Å². The molecular weight excluding hydrogens is 574 g/mol. The average Bonchev–Trinajstić information content (AvgIpc) is 2.83. The van der Waals surface area contributed by atoms with Gasteiger partial charge in [-0.05, 0) is 60.7 Å². The predicted octanol–water partition coefficient (Wildman–Crippen LogP) is 3.43. The fourth-order valence-corrected chi connectivity index (χ4v) is 5.13. The van der Waals surface area contributed by atoms with E-state index in [2.05, 4.69) is 10.2 Å². The molecule has 0 unspecified atom stereocenters. The Bertz CT molecular complexity index is 1910. The van der Waals surface area contributed by atoms with Crippen molar-refractivity contribution in [2.45, 2.75) is 14.7 Å². The summed E-state index contributed by atoms with van der Waals surface area (Å²) in [6, 6.07) is 15.9. The summed E-state index contributed by atoms with van der Waals surface area (Å²) >= 11 is 0. The first-order valence-electron chi connectivity index (χ1n) is 10.4. The number of nitrogens with two attached hydrogens (primary N) is 3. The number of anilines is 3. The lowest BCUT2D eigenvalue weighted by atomic mass is 10.1. The summed E-state index contributed by atoms with van der Waals surface area (Å²) < 4.78 is 94.4. The molecule has 14 nitrogen and oxygen atoms in total. The maximum Gasteiger partial charge on any atom is 0.296 e. The van der Waals surface area contributed by atoms with Gasteiger partial charge >= 0.3 is 0 Å². The van der Waals surface area contributed by atoms with Gasteiger partial charge in [0.15, 0.2) is 0 Å². The maximum absolute atomic E-state index is 11.6. The highest BCUT2D eigenvalue weighted by Crippen LogP contribution is 2.36. The van der Waals surface area contributed by atoms with Crippen LogP contribution in [-0.4, -0.2) is 38.9 Å². The van der Waals surface area contributed by atoms with E-state index in [9.17, 15) is 34.4 Å². The molecule has 206 valence electrons. The Balaban J connectivity index is 0.000000320. The summed E-state index contributed by atoms with van der Waals surface area (Å²) in [4.78, 5) is -1.08. The Morgan fingerprint density at radius 3 is 1.67 bits per heavy atom. The molecule has 4 aromatic rings. The van der Waals surface area contributed by atoms with Crippen LogP contribution in [0.4, 0.5) is 28.4 Å². The molecule has 0 bridgehead atoms. The third kappa shape index (κ3) is 7.25. The molecule has 4 aromatic carbocycles. The van der Waals surface area contributed by atoms with E-state index >= 15 is 0 Å². The highest BCUT2D eigenvalue weighted by atomic mass is 32.2. The molecule has 0 radical (unpaired) electrons. The topological polar surface area (TPSA) is 266 Å². The van der Waals surface area contributed by atoms with Gasteiger partial charge in [0.05, 0.1) is 10.6 Å². The smallest absolute Gasteiger partial charge is 0.296 e. The van der Waals surface area contributed by atoms with E-state index in [-0.39, 0.29) is 38.4 Å². The van der Waals surface area contributed by atoms with Crippen LogP contribution in [0.2, 0.25) is 0 Å². The van der Waals surface area contributed by atoms with Crippen LogP contribution in [0.3, 0.4) is 0 Å². The molecule has 0 saturated carbocycles. The van der Waals surface area contributed by atoms with Crippen molar-refractivity contribution in [1.82, 2.24) is 0 Å². The Morgan fingerprint density at radius 1 is 0.564 bits per heavy atom. The molecule has 0 spiro atoms. The van der Waals surface area contributed by atoms with Crippen molar-refractivity contribution in [2.75, 3.05) is 17.2 Å². The van der Waals surface area contributed by atoms with Gasteiger partial charge < -0.3 is 17.2 Å². The van der Waals surface area contributed by atoms with Crippen molar-refractivity contribution in [1.29, 1.82) is 0 Å². The van der Waals surface area contributed by atoms with Crippen LogP contribution in [0, 0.1) is 0 Å². The molecule has 0 fully saturated rings. The van der Waals surface area contributed by atoms with Gasteiger partial charge in [0.2, 0.25) is 0 Å². The number of nitrogens with zero attached hydrogens (tertiary/aromatic N) is 2. The first-order chi connectivity index (χ1) is 18.0. The van der Waals surface area contributed by atoms with E-state index in [4.69, 9.17) is 21.8 Å². The first kappa shape index (κ1) is 29.4. The molecule has 0 amide bonds. The van der Waals surface area contributed by atoms with Gasteiger partial charge in [0.25, 0.3) is 30.4 Å². The SMILES string of the molecule is Nc1ccc(N=Nc2ccc(N)c3c(S(=O)(=O)O)cccc23)c(S(=O)(=O)O)c1.Nc1ccc(S(=O)(=O)O)cc1. The second-order valence-corrected chi connectivity index (χ2v) is 12.0. The van der Waals surface area contributed by atoms with Crippen molar-refractivity contribution >= 4 is 69.6 Å². The molecule has 0 aromatic heterocycles. The zero-order valence-corrected chi connectivity index (χ0v) is 22.0. The van der Waals surface area contributed by atoms with Crippen LogP contribution < -0.4 is 17.2 Å². The number of nitrogen functional groups attached to an aromatic ring is 3. The number of fused-ring (bicyclic) bond motifs is 1. The fourth-order valence-electron chi connectivity index (χ4n) is 3.25. The molecule has 0 heterocycles. The summed E-state index contributed by atoms with van der Waals surface area (Å²) in [7, 11) is -13.2. The van der Waals surface area contributed by atoms with Crippen LogP contribution in [0.5, 0.6) is 0 Å². The van der Waals surface area contributed by atoms with Gasteiger partial charge in [-0.2, -0.15) is 25.3 Å². The molecule has 0 aliphatic carbocycles. The Kier molecular flexibility index (Phi) is 8.24. The minimum absolute atomic E-state index is 0.0498. The minimum atomic E-state index is -4.60. The third-order valence-corrected chi connectivity index (χ3v) is 7.64. The zero-order chi connectivity index (χ0) is 29.2. The monoisotopic (exact) mass is 595 g/mol. The molecule has 0 atom stereocenters. The number of hydrogen-bond acceptors (Lipinski definition) is 11. The fraction of sp³-hybridized carbons (Fsp3) is 0. The van der Waals surface area contributed by atoms with E-state index < -0.39 is 40.1 Å². The van der Waals surface area contributed by atoms with Gasteiger partial charge in [0, 0.05) is 27.8 Å². The third-order valence-electron chi connectivity index (χ3n) is 4.99. The van der Waals surface area contributed by atoms with E-state index in [1.165, 1.54) is 66.7 Å². The van der Waals surface area contributed by atoms with Crippen molar-refractivity contribution in [3.63, 3.8) is 0 Å². The van der Waals surface area contributed by atoms with Gasteiger partial charge in [-0.25, -0.2) is 0 Å². The molecule has 0 saturated heterocycles. The summed E-state index contributed by atoms with van der Waals surface area (Å²) in [5.74, 6) is 0. The van der Waals surface area contributed by atoms with E-state index in [0.717, 1.165) is 6.07 Å². The zero-order valence-electron chi connectivity index (χ0n) is 19.6. The minimum Gasteiger partial charge on any atom is -0.399 e. The molecule has 17 heteroatoms. The van der Waals surface area contributed by atoms with Gasteiger partial charge in [-0.15, -0.1) is 10.2 Å². The van der Waals surface area contributed by atoms with Crippen LogP contribution in [0.1, 0.15) is 0 Å². The number of rotatable bonds is 5. The first-order valence-corrected chi connectivity index (χ1v) is 14.7. The quantitative estimate of drug-likeness (QED) is 0.110. The average molecular weight is 596 g/mol. The largest absolute Gasteiger partial charge is 0.399 e. The Labute approximate surface area is 223 Å². The number of benzene rings is 4. The second-order valence-electron chi connectivity index (χ2n) is 7.77. The van der Waals surface area contributed by atoms with Gasteiger partial charge in [0.1, 0.15) is 15.5 Å². The van der Waals surface area contributed by atoms with E-state index in [1.807, 2.05) is 0 Å². The lowest BCUT2D eigenvalue weighted by Gasteiger charge is -2.09.